The molecule has 2 aromatic carbocycles. The third kappa shape index (κ3) is 3.17. The molecule has 0 radical (unpaired) electrons. The van der Waals surface area contributed by atoms with Crippen LogP contribution in [0.3, 0.4) is 0 Å². The molecule has 3 amide bonds. The van der Waals surface area contributed by atoms with Gasteiger partial charge in [-0.05, 0) is 66.6 Å². The quantitative estimate of drug-likeness (QED) is 0.361. The van der Waals surface area contributed by atoms with Crippen LogP contribution >= 0.6 is 0 Å². The molecule has 2 fully saturated rings. The van der Waals surface area contributed by atoms with E-state index in [1.54, 1.807) is 30.5 Å². The number of amides is 3. The third-order valence-corrected chi connectivity index (χ3v) is 7.27. The van der Waals surface area contributed by atoms with Gasteiger partial charge in [-0.15, -0.1) is 0 Å². The van der Waals surface area contributed by atoms with Crippen LogP contribution in [0.15, 0.2) is 73.0 Å². The second-order valence-electron chi connectivity index (χ2n) is 9.26. The molecule has 1 saturated heterocycles. The maximum atomic E-state index is 13.1. The largest absolute Gasteiger partial charge is 0.321 e. The van der Waals surface area contributed by atoms with Crippen LogP contribution in [0.2, 0.25) is 0 Å². The van der Waals surface area contributed by atoms with Crippen molar-refractivity contribution in [2.75, 3.05) is 10.2 Å². The van der Waals surface area contributed by atoms with Crippen molar-refractivity contribution in [1.29, 1.82) is 0 Å². The number of para-hydroxylation sites is 1. The normalized spacial score (nSPS) is 25.0. The van der Waals surface area contributed by atoms with Crippen molar-refractivity contribution in [2.24, 2.45) is 23.7 Å². The van der Waals surface area contributed by atoms with Crippen molar-refractivity contribution in [3.05, 3.63) is 84.1 Å². The van der Waals surface area contributed by atoms with Gasteiger partial charge in [-0.25, -0.2) is 4.90 Å². The van der Waals surface area contributed by atoms with Gasteiger partial charge in [0, 0.05) is 17.7 Å². The molecule has 1 aliphatic heterocycles. The van der Waals surface area contributed by atoms with E-state index in [1.807, 2.05) is 37.3 Å². The van der Waals surface area contributed by atoms with Crippen LogP contribution < -0.4 is 10.2 Å². The van der Waals surface area contributed by atoms with E-state index in [2.05, 4.69) is 22.5 Å². The fraction of sp³-hybridized carbons (Fsp3) is 0.214. The number of hydrogen-bond donors (Lipinski definition) is 1. The lowest BCUT2D eigenvalue weighted by atomic mass is 9.85. The number of rotatable bonds is 4. The number of carbonyl (C=O) groups excluding carboxylic acids is 3. The first kappa shape index (κ1) is 20.5. The number of benzene rings is 2. The smallest absolute Gasteiger partial charge is 0.248 e. The van der Waals surface area contributed by atoms with E-state index < -0.39 is 0 Å². The van der Waals surface area contributed by atoms with Gasteiger partial charge in [-0.2, -0.15) is 0 Å². The summed E-state index contributed by atoms with van der Waals surface area (Å²) in [5.74, 6) is -0.609. The maximum Gasteiger partial charge on any atom is 0.248 e. The zero-order valence-corrected chi connectivity index (χ0v) is 18.6. The first-order valence-electron chi connectivity index (χ1n) is 11.5. The molecule has 1 N–H and O–H groups in total. The van der Waals surface area contributed by atoms with E-state index in [4.69, 9.17) is 0 Å². The number of pyridine rings is 1. The van der Waals surface area contributed by atoms with Crippen molar-refractivity contribution in [2.45, 2.75) is 13.3 Å². The van der Waals surface area contributed by atoms with Crippen LogP contribution in [0.5, 0.6) is 0 Å². The van der Waals surface area contributed by atoms with Gasteiger partial charge in [-0.1, -0.05) is 36.4 Å². The number of anilines is 2. The van der Waals surface area contributed by atoms with E-state index in [9.17, 15) is 14.4 Å². The molecule has 3 aromatic rings. The highest BCUT2D eigenvalue weighted by Crippen LogP contribution is 2.53. The van der Waals surface area contributed by atoms with Crippen LogP contribution in [-0.4, -0.2) is 22.7 Å². The van der Waals surface area contributed by atoms with Gasteiger partial charge in [0.05, 0.1) is 28.7 Å². The number of aryl methyl sites for hydroxylation is 1. The Kier molecular flexibility index (Phi) is 4.69. The van der Waals surface area contributed by atoms with Crippen LogP contribution in [-0.2, 0) is 14.4 Å². The summed E-state index contributed by atoms with van der Waals surface area (Å²) in [5.41, 5.74) is 3.77. The van der Waals surface area contributed by atoms with Gasteiger partial charge in [0.2, 0.25) is 17.7 Å². The van der Waals surface area contributed by atoms with Crippen molar-refractivity contribution in [1.82, 2.24) is 4.98 Å². The van der Waals surface area contributed by atoms with Crippen LogP contribution in [0.25, 0.3) is 17.0 Å². The molecule has 1 saturated carbocycles. The summed E-state index contributed by atoms with van der Waals surface area (Å²) in [5, 5.41) is 3.89. The summed E-state index contributed by atoms with van der Waals surface area (Å²) in [4.78, 5) is 44.5. The molecule has 6 nitrogen and oxygen atoms in total. The predicted molar refractivity (Wildman–Crippen MR) is 131 cm³/mol. The number of nitrogens with zero attached hydrogens (tertiary/aromatic N) is 2. The second-order valence-corrected chi connectivity index (χ2v) is 9.26. The highest BCUT2D eigenvalue weighted by Gasteiger charge is 2.59. The van der Waals surface area contributed by atoms with Crippen molar-refractivity contribution < 1.29 is 14.4 Å². The minimum absolute atomic E-state index is 0.107. The summed E-state index contributed by atoms with van der Waals surface area (Å²) in [6, 6.07) is 14.8. The van der Waals surface area contributed by atoms with E-state index in [1.165, 1.54) is 11.0 Å². The third-order valence-electron chi connectivity index (χ3n) is 7.27. The number of carbonyl (C=O) groups is 3. The average Bonchev–Trinajstić information content (AvgIpc) is 3.52. The number of fused-ring (bicyclic) bond motifs is 6. The first-order valence-corrected chi connectivity index (χ1v) is 11.5. The SMILES string of the molecule is Cc1ccnc2c(NC(=O)/C=C/c3cccc(N4C(=O)[C@@H]5[C@H](C4=O)[C@H]4C=C[C@@H]5C4)c3)cccc12. The second kappa shape index (κ2) is 7.76. The average molecular weight is 450 g/mol. The molecule has 3 aliphatic rings. The van der Waals surface area contributed by atoms with Gasteiger partial charge in [-0.3, -0.25) is 19.4 Å². The van der Waals surface area contributed by atoms with Gasteiger partial charge < -0.3 is 5.32 Å². The zero-order valence-electron chi connectivity index (χ0n) is 18.6. The van der Waals surface area contributed by atoms with Gasteiger partial charge in [0.15, 0.2) is 0 Å². The Morgan fingerprint density at radius 2 is 1.76 bits per heavy atom. The fourth-order valence-electron chi connectivity index (χ4n) is 5.69. The molecule has 6 heteroatoms. The molecule has 0 unspecified atom stereocenters. The molecule has 2 heterocycles. The van der Waals surface area contributed by atoms with Crippen LogP contribution in [0.1, 0.15) is 17.5 Å². The maximum absolute atomic E-state index is 13.1. The van der Waals surface area contributed by atoms with Crippen molar-refractivity contribution in [3.8, 4) is 0 Å². The van der Waals surface area contributed by atoms with E-state index in [-0.39, 0.29) is 41.4 Å². The van der Waals surface area contributed by atoms with Gasteiger partial charge >= 0.3 is 0 Å². The first-order chi connectivity index (χ1) is 16.5. The van der Waals surface area contributed by atoms with E-state index in [0.717, 1.165) is 28.5 Å². The number of imide groups is 1. The minimum Gasteiger partial charge on any atom is -0.321 e. The Balaban J connectivity index is 1.21. The molecule has 2 aliphatic carbocycles. The standard InChI is InChI=1S/C28H23N3O3/c1-16-12-13-29-26-21(16)6-3-7-22(26)30-23(32)11-8-17-4-2-5-20(14-17)31-27(33)24-18-9-10-19(15-18)25(24)28(31)34/h2-14,18-19,24-25H,15H2,1H3,(H,30,32)/b11-8+/t18-,19+,24+,25-. The Labute approximate surface area is 197 Å². The summed E-state index contributed by atoms with van der Waals surface area (Å²) >= 11 is 0. The number of aromatic nitrogens is 1. The molecule has 168 valence electrons. The summed E-state index contributed by atoms with van der Waals surface area (Å²) in [6.45, 7) is 2.01. The molecule has 4 atom stereocenters. The molecule has 34 heavy (non-hydrogen) atoms. The van der Waals surface area contributed by atoms with Gasteiger partial charge in [0.1, 0.15) is 0 Å². The summed E-state index contributed by atoms with van der Waals surface area (Å²) in [6.07, 6.45) is 9.94. The Bertz CT molecular complexity index is 1390. The number of nitrogens with one attached hydrogen (secondary N) is 1. The predicted octanol–water partition coefficient (Wildman–Crippen LogP) is 4.51. The van der Waals surface area contributed by atoms with Crippen molar-refractivity contribution >= 4 is 46.1 Å². The lowest BCUT2D eigenvalue weighted by Crippen LogP contribution is -2.32. The van der Waals surface area contributed by atoms with E-state index in [0.29, 0.717) is 11.4 Å². The lowest BCUT2D eigenvalue weighted by molar-refractivity contribution is -0.123. The zero-order chi connectivity index (χ0) is 23.4. The van der Waals surface area contributed by atoms with Crippen molar-refractivity contribution in [3.63, 3.8) is 0 Å². The molecule has 6 rings (SSSR count). The topological polar surface area (TPSA) is 79.4 Å². The highest BCUT2D eigenvalue weighted by molar-refractivity contribution is 6.23. The molecule has 2 bridgehead atoms. The molecule has 1 aromatic heterocycles. The monoisotopic (exact) mass is 449 g/mol. The lowest BCUT2D eigenvalue weighted by Gasteiger charge is -2.17. The minimum atomic E-state index is -0.285. The summed E-state index contributed by atoms with van der Waals surface area (Å²) in [7, 11) is 0. The molecular weight excluding hydrogens is 426 g/mol. The van der Waals surface area contributed by atoms with Gasteiger partial charge in [0.25, 0.3) is 0 Å². The summed E-state index contributed by atoms with van der Waals surface area (Å²) < 4.78 is 0. The molecular formula is C28H23N3O3. The fourth-order valence-corrected chi connectivity index (χ4v) is 5.69. The van der Waals surface area contributed by atoms with Crippen LogP contribution in [0.4, 0.5) is 11.4 Å². The molecule has 0 spiro atoms. The number of hydrogen-bond acceptors (Lipinski definition) is 4. The Hall–Kier alpha value is -4.06. The number of allylic oxidation sites excluding steroid dienone is 2. The van der Waals surface area contributed by atoms with Crippen LogP contribution in [0, 0.1) is 30.6 Å². The Morgan fingerprint density at radius 3 is 2.53 bits per heavy atom. The van der Waals surface area contributed by atoms with E-state index >= 15 is 0 Å². The Morgan fingerprint density at radius 1 is 1.03 bits per heavy atom. The highest BCUT2D eigenvalue weighted by atomic mass is 16.2.